The predicted molar refractivity (Wildman–Crippen MR) is 102 cm³/mol. The predicted octanol–water partition coefficient (Wildman–Crippen LogP) is 2.91. The lowest BCUT2D eigenvalue weighted by atomic mass is 10.3. The number of hydrogen-bond acceptors (Lipinski definition) is 8. The molecular formula is C17H20N4O6S. The first-order valence-corrected chi connectivity index (χ1v) is 9.23. The highest BCUT2D eigenvalue weighted by molar-refractivity contribution is 7.09. The number of non-ortho nitro benzene ring substituents is 1. The number of nitro benzene ring substituents is 1. The normalized spacial score (nSPS) is 10.4. The molecule has 0 aliphatic heterocycles. The second-order valence-corrected chi connectivity index (χ2v) is 6.44. The molecule has 0 unspecified atom stereocenters. The number of carbonyl (C=O) groups excluding carboxylic acids is 2. The Morgan fingerprint density at radius 2 is 2.04 bits per heavy atom. The lowest BCUT2D eigenvalue weighted by molar-refractivity contribution is -0.384. The first kappa shape index (κ1) is 21.3. The van der Waals surface area contributed by atoms with Crippen molar-refractivity contribution in [3.8, 4) is 0 Å². The molecule has 1 aromatic carbocycles. The SMILES string of the molecule is CCOC(=O)c1csc(CN(CCOC)C(=O)Nc2ccc([N+](=O)[O-])cc2)n1. The van der Waals surface area contributed by atoms with Gasteiger partial charge in [-0.2, -0.15) is 0 Å². The Morgan fingerprint density at radius 3 is 2.64 bits per heavy atom. The van der Waals surface area contributed by atoms with Crippen LogP contribution in [0.5, 0.6) is 0 Å². The number of hydrogen-bond donors (Lipinski definition) is 1. The zero-order chi connectivity index (χ0) is 20.5. The molecule has 1 N–H and O–H groups in total. The van der Waals surface area contributed by atoms with Gasteiger partial charge in [0.2, 0.25) is 0 Å². The van der Waals surface area contributed by atoms with E-state index in [0.717, 1.165) is 0 Å². The van der Waals surface area contributed by atoms with Crippen LogP contribution in [0.15, 0.2) is 29.6 Å². The molecule has 0 fully saturated rings. The van der Waals surface area contributed by atoms with Gasteiger partial charge in [-0.05, 0) is 19.1 Å². The van der Waals surface area contributed by atoms with E-state index in [2.05, 4.69) is 10.3 Å². The Kier molecular flexibility index (Phi) is 7.84. The Hall–Kier alpha value is -3.05. The quantitative estimate of drug-likeness (QED) is 0.384. The minimum atomic E-state index is -0.514. The van der Waals surface area contributed by atoms with Crippen molar-refractivity contribution in [2.45, 2.75) is 13.5 Å². The van der Waals surface area contributed by atoms with Gasteiger partial charge in [0.25, 0.3) is 5.69 Å². The molecule has 2 rings (SSSR count). The van der Waals surface area contributed by atoms with Gasteiger partial charge in [-0.25, -0.2) is 14.6 Å². The van der Waals surface area contributed by atoms with Gasteiger partial charge in [-0.1, -0.05) is 0 Å². The van der Waals surface area contributed by atoms with E-state index in [0.29, 0.717) is 23.8 Å². The van der Waals surface area contributed by atoms with Crippen molar-refractivity contribution in [1.82, 2.24) is 9.88 Å². The summed E-state index contributed by atoms with van der Waals surface area (Å²) in [5.74, 6) is -0.510. The zero-order valence-electron chi connectivity index (χ0n) is 15.4. The molecular weight excluding hydrogens is 388 g/mol. The van der Waals surface area contributed by atoms with Crippen LogP contribution in [0, 0.1) is 10.1 Å². The summed E-state index contributed by atoms with van der Waals surface area (Å²) < 4.78 is 9.95. The molecule has 0 radical (unpaired) electrons. The van der Waals surface area contributed by atoms with Crippen molar-refractivity contribution in [2.24, 2.45) is 0 Å². The van der Waals surface area contributed by atoms with E-state index >= 15 is 0 Å². The highest BCUT2D eigenvalue weighted by atomic mass is 32.1. The van der Waals surface area contributed by atoms with Gasteiger partial charge in [0.1, 0.15) is 5.01 Å². The number of methoxy groups -OCH3 is 1. The molecule has 0 atom stereocenters. The van der Waals surface area contributed by atoms with Crippen molar-refractivity contribution in [1.29, 1.82) is 0 Å². The molecule has 2 aromatic rings. The molecule has 2 amide bonds. The monoisotopic (exact) mass is 408 g/mol. The maximum Gasteiger partial charge on any atom is 0.357 e. The number of benzene rings is 1. The maximum absolute atomic E-state index is 12.6. The minimum Gasteiger partial charge on any atom is -0.461 e. The van der Waals surface area contributed by atoms with Crippen LogP contribution >= 0.6 is 11.3 Å². The van der Waals surface area contributed by atoms with Crippen molar-refractivity contribution in [3.63, 3.8) is 0 Å². The fourth-order valence-electron chi connectivity index (χ4n) is 2.17. The molecule has 1 aromatic heterocycles. The summed E-state index contributed by atoms with van der Waals surface area (Å²) in [5.41, 5.74) is 0.553. The smallest absolute Gasteiger partial charge is 0.357 e. The Morgan fingerprint density at radius 1 is 1.32 bits per heavy atom. The molecule has 11 heteroatoms. The molecule has 150 valence electrons. The summed E-state index contributed by atoms with van der Waals surface area (Å²) in [6.45, 7) is 2.74. The van der Waals surface area contributed by atoms with Gasteiger partial charge in [0.05, 0.1) is 24.7 Å². The fourth-order valence-corrected chi connectivity index (χ4v) is 2.95. The summed E-state index contributed by atoms with van der Waals surface area (Å²) in [6.07, 6.45) is 0. The number of aromatic nitrogens is 1. The van der Waals surface area contributed by atoms with Gasteiger partial charge in [0, 0.05) is 36.9 Å². The fraction of sp³-hybridized carbons (Fsp3) is 0.353. The van der Waals surface area contributed by atoms with Gasteiger partial charge >= 0.3 is 12.0 Å². The number of carbonyl (C=O) groups is 2. The summed E-state index contributed by atoms with van der Waals surface area (Å²) in [5, 5.41) is 15.5. The third-order valence-corrected chi connectivity index (χ3v) is 4.38. The second-order valence-electron chi connectivity index (χ2n) is 5.50. The van der Waals surface area contributed by atoms with Gasteiger partial charge in [-0.15, -0.1) is 11.3 Å². The van der Waals surface area contributed by atoms with Crippen molar-refractivity contribution in [2.75, 3.05) is 32.2 Å². The Labute approximate surface area is 165 Å². The first-order valence-electron chi connectivity index (χ1n) is 8.35. The molecule has 1 heterocycles. The summed E-state index contributed by atoms with van der Waals surface area (Å²) >= 11 is 1.24. The van der Waals surface area contributed by atoms with Gasteiger partial charge < -0.3 is 19.7 Å². The van der Waals surface area contributed by atoms with Crippen LogP contribution in [0.1, 0.15) is 22.4 Å². The van der Waals surface area contributed by atoms with E-state index in [9.17, 15) is 19.7 Å². The van der Waals surface area contributed by atoms with Crippen LogP contribution in [-0.4, -0.2) is 53.7 Å². The van der Waals surface area contributed by atoms with Crippen LogP contribution in [0.2, 0.25) is 0 Å². The summed E-state index contributed by atoms with van der Waals surface area (Å²) in [6, 6.07) is 5.10. The molecule has 0 saturated carbocycles. The van der Waals surface area contributed by atoms with Crippen molar-refractivity contribution < 1.29 is 24.0 Å². The number of rotatable bonds is 9. The second kappa shape index (κ2) is 10.3. The molecule has 0 saturated heterocycles. The third-order valence-electron chi connectivity index (χ3n) is 3.54. The number of thiazole rings is 1. The molecule has 0 aliphatic carbocycles. The largest absolute Gasteiger partial charge is 0.461 e. The molecule has 0 aliphatic rings. The summed E-state index contributed by atoms with van der Waals surface area (Å²) in [7, 11) is 1.52. The van der Waals surface area contributed by atoms with Crippen molar-refractivity contribution in [3.05, 3.63) is 50.5 Å². The van der Waals surface area contributed by atoms with E-state index < -0.39 is 16.9 Å². The number of nitro groups is 1. The number of nitrogens with one attached hydrogen (secondary N) is 1. The van der Waals surface area contributed by atoms with E-state index in [-0.39, 0.29) is 24.5 Å². The van der Waals surface area contributed by atoms with E-state index in [1.165, 1.54) is 47.6 Å². The average molecular weight is 408 g/mol. The first-order chi connectivity index (χ1) is 13.4. The van der Waals surface area contributed by atoms with E-state index in [4.69, 9.17) is 9.47 Å². The van der Waals surface area contributed by atoms with Crippen LogP contribution in [0.4, 0.5) is 16.2 Å². The Balaban J connectivity index is 2.06. The lowest BCUT2D eigenvalue weighted by Crippen LogP contribution is -2.36. The number of amides is 2. The van der Waals surface area contributed by atoms with Crippen LogP contribution in [0.25, 0.3) is 0 Å². The number of nitrogens with zero attached hydrogens (tertiary/aromatic N) is 3. The van der Waals surface area contributed by atoms with E-state index in [1.54, 1.807) is 12.3 Å². The maximum atomic E-state index is 12.6. The number of anilines is 1. The molecule has 0 spiro atoms. The van der Waals surface area contributed by atoms with Crippen LogP contribution in [0.3, 0.4) is 0 Å². The van der Waals surface area contributed by atoms with E-state index in [1.807, 2.05) is 0 Å². The van der Waals surface area contributed by atoms with Crippen LogP contribution in [-0.2, 0) is 16.0 Å². The van der Waals surface area contributed by atoms with Gasteiger partial charge in [0.15, 0.2) is 5.69 Å². The zero-order valence-corrected chi connectivity index (χ0v) is 16.2. The lowest BCUT2D eigenvalue weighted by Gasteiger charge is -2.21. The van der Waals surface area contributed by atoms with Crippen LogP contribution < -0.4 is 5.32 Å². The molecule has 0 bridgehead atoms. The topological polar surface area (TPSA) is 124 Å². The third kappa shape index (κ3) is 5.99. The van der Waals surface area contributed by atoms with Gasteiger partial charge in [-0.3, -0.25) is 10.1 Å². The average Bonchev–Trinajstić information content (AvgIpc) is 3.14. The molecule has 28 heavy (non-hydrogen) atoms. The summed E-state index contributed by atoms with van der Waals surface area (Å²) in [4.78, 5) is 40.2. The highest BCUT2D eigenvalue weighted by Crippen LogP contribution is 2.17. The number of esters is 1. The number of ether oxygens (including phenoxy) is 2. The molecule has 10 nitrogen and oxygen atoms in total. The Bertz CT molecular complexity index is 823. The van der Waals surface area contributed by atoms with Crippen molar-refractivity contribution >= 4 is 34.7 Å². The minimum absolute atomic E-state index is 0.0662. The highest BCUT2D eigenvalue weighted by Gasteiger charge is 2.18. The number of urea groups is 1. The standard InChI is InChI=1S/C17H20N4O6S/c1-3-27-16(22)14-11-28-15(19-14)10-20(8-9-26-2)17(23)18-12-4-6-13(7-5-12)21(24)25/h4-7,11H,3,8-10H2,1-2H3,(H,18,23).